The molecule has 3 aromatic rings. The number of nitrogens with one attached hydrogen (secondary N) is 2. The number of rotatable bonds is 2. The monoisotopic (exact) mass is 434 g/mol. The van der Waals surface area contributed by atoms with Gasteiger partial charge in [0.05, 0.1) is 5.02 Å². The molecule has 2 aliphatic heterocycles. The van der Waals surface area contributed by atoms with Gasteiger partial charge in [0.25, 0.3) is 5.91 Å². The number of benzene rings is 1. The van der Waals surface area contributed by atoms with Crippen LogP contribution in [-0.4, -0.2) is 52.9 Å². The Morgan fingerprint density at radius 1 is 1.03 bits per heavy atom. The van der Waals surface area contributed by atoms with E-state index in [0.29, 0.717) is 16.7 Å². The fourth-order valence-electron chi connectivity index (χ4n) is 4.18. The van der Waals surface area contributed by atoms with Crippen molar-refractivity contribution in [2.75, 3.05) is 31.1 Å². The molecule has 0 spiro atoms. The number of aliphatic imine (C=N–C) groups is 1. The van der Waals surface area contributed by atoms with Gasteiger partial charge in [-0.15, -0.1) is 0 Å². The summed E-state index contributed by atoms with van der Waals surface area (Å²) in [6.45, 7) is 7.60. The number of nitrogens with zero attached hydrogens (tertiary/aromatic N) is 4. The van der Waals surface area contributed by atoms with Gasteiger partial charge in [0, 0.05) is 55.2 Å². The number of fused-ring (bicyclic) bond motifs is 1. The zero-order valence-corrected chi connectivity index (χ0v) is 18.2. The van der Waals surface area contributed by atoms with Crippen LogP contribution in [0.2, 0.25) is 5.02 Å². The third-order valence-corrected chi connectivity index (χ3v) is 5.86. The first-order valence-electron chi connectivity index (χ1n) is 10.3. The van der Waals surface area contributed by atoms with Gasteiger partial charge in [0.2, 0.25) is 5.96 Å². The molecule has 1 aromatic carbocycles. The Hall–Kier alpha value is -3.32. The van der Waals surface area contributed by atoms with E-state index in [9.17, 15) is 4.79 Å². The number of hydrogen-bond donors (Lipinski definition) is 2. The molecule has 2 aliphatic rings. The highest BCUT2D eigenvalue weighted by molar-refractivity contribution is 6.31. The minimum Gasteiger partial charge on any atom is -0.368 e. The first-order valence-corrected chi connectivity index (χ1v) is 10.7. The van der Waals surface area contributed by atoms with Gasteiger partial charge in [0.1, 0.15) is 11.3 Å². The van der Waals surface area contributed by atoms with Crippen molar-refractivity contribution in [2.45, 2.75) is 13.8 Å². The van der Waals surface area contributed by atoms with Crippen molar-refractivity contribution in [2.24, 2.45) is 4.99 Å². The Labute approximate surface area is 185 Å². The molecule has 0 radical (unpaired) electrons. The third-order valence-electron chi connectivity index (χ3n) is 5.66. The summed E-state index contributed by atoms with van der Waals surface area (Å²) in [6, 6.07) is 8.46. The molecule has 0 saturated carbocycles. The molecule has 2 N–H and O–H groups in total. The second-order valence-electron chi connectivity index (χ2n) is 8.03. The summed E-state index contributed by atoms with van der Waals surface area (Å²) in [6.07, 6.45) is 5.17. The minimum absolute atomic E-state index is 0.198. The topological polar surface area (TPSA) is 76.6 Å². The van der Waals surface area contributed by atoms with E-state index >= 15 is 0 Å². The van der Waals surface area contributed by atoms with Gasteiger partial charge in [-0.1, -0.05) is 17.7 Å². The van der Waals surface area contributed by atoms with E-state index < -0.39 is 0 Å². The number of piperazine rings is 1. The van der Waals surface area contributed by atoms with Gasteiger partial charge in [-0.3, -0.25) is 10.1 Å². The Morgan fingerprint density at radius 2 is 1.74 bits per heavy atom. The summed E-state index contributed by atoms with van der Waals surface area (Å²) in [7, 11) is 0. The summed E-state index contributed by atoms with van der Waals surface area (Å²) in [5, 5.41) is 4.33. The average Bonchev–Trinajstić information content (AvgIpc) is 3.31. The molecule has 0 atom stereocenters. The normalized spacial score (nSPS) is 18.1. The number of carbonyl (C=O) groups excluding carboxylic acids is 1. The fraction of sp³-hybridized carbons (Fsp3) is 0.261. The van der Waals surface area contributed by atoms with Crippen LogP contribution in [0.5, 0.6) is 0 Å². The van der Waals surface area contributed by atoms with Gasteiger partial charge < -0.3 is 14.8 Å². The molecule has 0 bridgehead atoms. The number of halogens is 1. The highest BCUT2D eigenvalue weighted by Gasteiger charge is 2.27. The zero-order valence-electron chi connectivity index (χ0n) is 17.4. The second kappa shape index (κ2) is 7.74. The standard InChI is InChI=1S/C23H23ClN6O/c1-14-7-15(2)9-18(8-14)29-3-5-30(6-4-29)23-27-20(22(31)28-23)10-16-12-25-21-19(16)11-17(24)13-26-21/h7-13H,3-6H2,1-2H3,(H,25,26)(H,27,28,31)/b20-10-. The van der Waals surface area contributed by atoms with Gasteiger partial charge in [-0.2, -0.15) is 0 Å². The molecule has 8 heteroatoms. The van der Waals surface area contributed by atoms with Crippen LogP contribution in [0.1, 0.15) is 16.7 Å². The number of amides is 1. The Morgan fingerprint density at radius 3 is 2.48 bits per heavy atom. The van der Waals surface area contributed by atoms with Crippen LogP contribution in [0, 0.1) is 13.8 Å². The Balaban J connectivity index is 1.33. The average molecular weight is 435 g/mol. The number of aromatic amines is 1. The van der Waals surface area contributed by atoms with Gasteiger partial charge in [-0.05, 0) is 49.2 Å². The van der Waals surface area contributed by atoms with E-state index in [1.807, 2.05) is 12.3 Å². The van der Waals surface area contributed by atoms with E-state index in [4.69, 9.17) is 11.6 Å². The van der Waals surface area contributed by atoms with Gasteiger partial charge >= 0.3 is 0 Å². The number of guanidine groups is 1. The third kappa shape index (κ3) is 3.88. The van der Waals surface area contributed by atoms with E-state index in [-0.39, 0.29) is 5.91 Å². The summed E-state index contributed by atoms with van der Waals surface area (Å²) in [5.74, 6) is 0.420. The molecule has 2 aromatic heterocycles. The summed E-state index contributed by atoms with van der Waals surface area (Å²) >= 11 is 6.08. The van der Waals surface area contributed by atoms with Crippen molar-refractivity contribution in [1.29, 1.82) is 0 Å². The summed E-state index contributed by atoms with van der Waals surface area (Å²) in [4.78, 5) is 29.0. The van der Waals surface area contributed by atoms with Gasteiger partial charge in [0.15, 0.2) is 0 Å². The highest BCUT2D eigenvalue weighted by atomic mass is 35.5. The number of anilines is 1. The molecule has 31 heavy (non-hydrogen) atoms. The summed E-state index contributed by atoms with van der Waals surface area (Å²) < 4.78 is 0. The van der Waals surface area contributed by atoms with Crippen molar-refractivity contribution in [3.8, 4) is 0 Å². The lowest BCUT2D eigenvalue weighted by Gasteiger charge is -2.37. The lowest BCUT2D eigenvalue weighted by Crippen LogP contribution is -2.52. The van der Waals surface area contributed by atoms with E-state index in [1.165, 1.54) is 16.8 Å². The first-order chi connectivity index (χ1) is 15.0. The number of H-pyrrole nitrogens is 1. The molecule has 158 valence electrons. The molecular formula is C23H23ClN6O. The van der Waals surface area contributed by atoms with Gasteiger partial charge in [-0.25, -0.2) is 9.98 Å². The molecule has 5 rings (SSSR count). The van der Waals surface area contributed by atoms with E-state index in [2.05, 4.69) is 62.1 Å². The molecule has 0 aliphatic carbocycles. The van der Waals surface area contributed by atoms with E-state index in [1.54, 1.807) is 12.3 Å². The van der Waals surface area contributed by atoms with Crippen LogP contribution >= 0.6 is 11.6 Å². The molecule has 1 saturated heterocycles. The lowest BCUT2D eigenvalue weighted by molar-refractivity contribution is -0.115. The minimum atomic E-state index is -0.198. The molecule has 0 unspecified atom stereocenters. The smallest absolute Gasteiger partial charge is 0.276 e. The quantitative estimate of drug-likeness (QED) is 0.605. The fourth-order valence-corrected chi connectivity index (χ4v) is 4.34. The highest BCUT2D eigenvalue weighted by Crippen LogP contribution is 2.24. The van der Waals surface area contributed by atoms with Crippen molar-refractivity contribution >= 4 is 46.3 Å². The molecule has 4 heterocycles. The number of aromatic nitrogens is 2. The predicted molar refractivity (Wildman–Crippen MR) is 124 cm³/mol. The number of aryl methyl sites for hydroxylation is 2. The van der Waals surface area contributed by atoms with Crippen LogP contribution in [0.15, 0.2) is 47.3 Å². The van der Waals surface area contributed by atoms with Crippen molar-refractivity contribution < 1.29 is 4.79 Å². The van der Waals surface area contributed by atoms with E-state index in [0.717, 1.165) is 42.8 Å². The van der Waals surface area contributed by atoms with Crippen LogP contribution in [-0.2, 0) is 4.79 Å². The summed E-state index contributed by atoms with van der Waals surface area (Å²) in [5.41, 5.74) is 5.73. The zero-order chi connectivity index (χ0) is 21.5. The first kappa shape index (κ1) is 19.6. The van der Waals surface area contributed by atoms with Crippen LogP contribution in [0.25, 0.3) is 17.1 Å². The van der Waals surface area contributed by atoms with Crippen LogP contribution in [0.3, 0.4) is 0 Å². The number of hydrogen-bond acceptors (Lipinski definition) is 5. The SMILES string of the molecule is Cc1cc(C)cc(N2CCN(C3=N/C(=C\c4c[nH]c5ncc(Cl)cc45)C(=O)N3)CC2)c1. The van der Waals surface area contributed by atoms with Crippen molar-refractivity contribution in [3.05, 3.63) is 64.1 Å². The van der Waals surface area contributed by atoms with Crippen molar-refractivity contribution in [1.82, 2.24) is 20.2 Å². The molecule has 7 nitrogen and oxygen atoms in total. The molecular weight excluding hydrogens is 412 g/mol. The number of pyridine rings is 1. The lowest BCUT2D eigenvalue weighted by atomic mass is 10.1. The van der Waals surface area contributed by atoms with Crippen molar-refractivity contribution in [3.63, 3.8) is 0 Å². The Kier molecular flexibility index (Phi) is 4.90. The number of carbonyl (C=O) groups is 1. The Bertz CT molecular complexity index is 1220. The second-order valence-corrected chi connectivity index (χ2v) is 8.47. The maximum absolute atomic E-state index is 12.5. The largest absolute Gasteiger partial charge is 0.368 e. The molecule has 1 fully saturated rings. The maximum atomic E-state index is 12.5. The van der Waals surface area contributed by atoms with Crippen LogP contribution in [0.4, 0.5) is 5.69 Å². The predicted octanol–water partition coefficient (Wildman–Crippen LogP) is 3.48. The van der Waals surface area contributed by atoms with Crippen LogP contribution < -0.4 is 10.2 Å². The molecule has 1 amide bonds. The maximum Gasteiger partial charge on any atom is 0.276 e.